The van der Waals surface area contributed by atoms with Gasteiger partial charge in [0.25, 0.3) is 0 Å². The van der Waals surface area contributed by atoms with Crippen molar-refractivity contribution in [2.24, 2.45) is 17.3 Å². The molecule has 0 heterocycles. The van der Waals surface area contributed by atoms with Gasteiger partial charge in [-0.05, 0) is 63.3 Å². The minimum atomic E-state index is 0. The average Bonchev–Trinajstić information content (AvgIpc) is 3.10. The van der Waals surface area contributed by atoms with Crippen LogP contribution in [0.15, 0.2) is 35.5 Å². The Bertz CT molecular complexity index is 657. The molecule has 1 radical (unpaired) electrons. The zero-order valence-corrected chi connectivity index (χ0v) is 23.3. The van der Waals surface area contributed by atoms with Crippen LogP contribution in [0.5, 0.6) is 0 Å². The van der Waals surface area contributed by atoms with Gasteiger partial charge in [-0.25, -0.2) is 0 Å². The van der Waals surface area contributed by atoms with Gasteiger partial charge in [-0.2, -0.15) is 19.3 Å². The Hall–Kier alpha value is -0.286. The largest absolute Gasteiger partial charge is 0.522 e. The molecule has 1 amide bonds. The smallest absolute Gasteiger partial charge is 0.0842 e. The number of amides is 1. The summed E-state index contributed by atoms with van der Waals surface area (Å²) in [6.07, 6.45) is 17.7. The number of hydrogen-bond acceptors (Lipinski definition) is 3. The zero-order chi connectivity index (χ0) is 22.3. The average molecular weight is 505 g/mol. The topological polar surface area (TPSA) is 38.8 Å². The van der Waals surface area contributed by atoms with Crippen molar-refractivity contribution >= 4 is 6.41 Å². The van der Waals surface area contributed by atoms with Gasteiger partial charge >= 0.3 is 0 Å². The van der Waals surface area contributed by atoms with Gasteiger partial charge in [0.2, 0.25) is 0 Å². The molecule has 3 aliphatic carbocycles. The second-order valence-corrected chi connectivity index (χ2v) is 9.40. The van der Waals surface area contributed by atoms with Crippen LogP contribution in [0.2, 0.25) is 0 Å². The summed E-state index contributed by atoms with van der Waals surface area (Å²) in [6.45, 7) is 9.08. The maximum absolute atomic E-state index is 9.31. The van der Waals surface area contributed by atoms with Gasteiger partial charge in [0.1, 0.15) is 0 Å². The van der Waals surface area contributed by atoms with Crippen LogP contribution in [0.4, 0.5) is 0 Å². The number of hydrogen-bond donors (Lipinski definition) is 0. The summed E-state index contributed by atoms with van der Waals surface area (Å²) in [7, 11) is 6.84. The Morgan fingerprint density at radius 3 is 2.45 bits per heavy atom. The second-order valence-electron chi connectivity index (χ2n) is 9.40. The molecule has 3 aliphatic rings. The number of rotatable bonds is 5. The summed E-state index contributed by atoms with van der Waals surface area (Å²) < 4.78 is 11.2. The molecule has 3 fully saturated rings. The number of fused-ring (bicyclic) bond motifs is 1. The SMILES string of the molecule is C=C1/C(=C\C=C2/CCC[C@]3(C)C([CH-]C)CCC23)CC(OC)CC1OC.CN(C)[C-]=O.[Y]. The minimum absolute atomic E-state index is 0. The van der Waals surface area contributed by atoms with E-state index in [4.69, 9.17) is 9.47 Å². The predicted molar refractivity (Wildman–Crippen MR) is 124 cm³/mol. The summed E-state index contributed by atoms with van der Waals surface area (Å²) >= 11 is 0. The van der Waals surface area contributed by atoms with Crippen molar-refractivity contribution in [3.8, 4) is 0 Å². The van der Waals surface area contributed by atoms with Gasteiger partial charge in [0, 0.05) is 53.3 Å². The van der Waals surface area contributed by atoms with E-state index in [-0.39, 0.29) is 44.9 Å². The summed E-state index contributed by atoms with van der Waals surface area (Å²) in [5.74, 6) is 1.54. The fraction of sp³-hybridized carbons (Fsp3) is 0.692. The molecule has 4 unspecified atom stereocenters. The van der Waals surface area contributed by atoms with E-state index in [1.165, 1.54) is 42.6 Å². The van der Waals surface area contributed by atoms with E-state index in [2.05, 4.69) is 39.0 Å². The molecule has 5 heteroatoms. The van der Waals surface area contributed by atoms with Crippen LogP contribution >= 0.6 is 0 Å². The summed E-state index contributed by atoms with van der Waals surface area (Å²) in [4.78, 5) is 10.6. The van der Waals surface area contributed by atoms with E-state index in [1.807, 2.05) is 0 Å². The fourth-order valence-corrected chi connectivity index (χ4v) is 5.68. The molecule has 0 spiro atoms. The summed E-state index contributed by atoms with van der Waals surface area (Å²) in [6, 6.07) is 0. The molecule has 0 N–H and O–H groups in total. The Balaban J connectivity index is 0.000000721. The Morgan fingerprint density at radius 1 is 1.23 bits per heavy atom. The predicted octanol–water partition coefficient (Wildman–Crippen LogP) is 5.27. The van der Waals surface area contributed by atoms with Crippen LogP contribution in [-0.2, 0) is 47.0 Å². The molecule has 173 valence electrons. The number of ether oxygens (including phenoxy) is 2. The quantitative estimate of drug-likeness (QED) is 0.378. The first-order valence-corrected chi connectivity index (χ1v) is 11.3. The Morgan fingerprint density at radius 2 is 1.90 bits per heavy atom. The van der Waals surface area contributed by atoms with Crippen molar-refractivity contribution in [3.05, 3.63) is 41.9 Å². The number of methoxy groups -OCH3 is 2. The normalized spacial score (nSPS) is 35.1. The maximum Gasteiger partial charge on any atom is 0.0842 e. The van der Waals surface area contributed by atoms with Crippen LogP contribution in [0.3, 0.4) is 0 Å². The van der Waals surface area contributed by atoms with Crippen LogP contribution in [-0.4, -0.2) is 51.8 Å². The third kappa shape index (κ3) is 7.10. The minimum Gasteiger partial charge on any atom is -0.522 e. The van der Waals surface area contributed by atoms with Gasteiger partial charge in [-0.3, -0.25) is 0 Å². The van der Waals surface area contributed by atoms with Crippen molar-refractivity contribution in [3.63, 3.8) is 0 Å². The zero-order valence-electron chi connectivity index (χ0n) is 20.4. The Labute approximate surface area is 215 Å². The standard InChI is InChI=1S/C23H35O2.C3H6NO.Y/c1-6-19-11-12-21-17(8-7-13-23(19,21)3)9-10-18-14-20(24-4)15-22(25-5)16(18)2;1-4(2)3-5;/h6,9-10,19-22H,2,7-8,11-15H2,1,3-5H3;1-2H3;/q2*-1;/b17-9+,18-10-;;/t19?,20?,21?,22?,23-;;/m1../s1. The van der Waals surface area contributed by atoms with Gasteiger partial charge in [-0.15, -0.1) is 0 Å². The number of carbonyl (C=O) groups excluding carboxylic acids is 1. The first-order valence-electron chi connectivity index (χ1n) is 11.3. The molecule has 0 aromatic carbocycles. The molecular formula is C26H41NO3Y-2. The molecule has 0 aromatic rings. The van der Waals surface area contributed by atoms with Gasteiger partial charge in [0.05, 0.1) is 12.2 Å². The molecule has 0 aromatic heterocycles. The van der Waals surface area contributed by atoms with Crippen LogP contribution in [0, 0.1) is 23.7 Å². The molecule has 0 bridgehead atoms. The van der Waals surface area contributed by atoms with E-state index >= 15 is 0 Å². The van der Waals surface area contributed by atoms with Crippen molar-refractivity contribution in [2.75, 3.05) is 28.3 Å². The molecule has 5 atom stereocenters. The van der Waals surface area contributed by atoms with Gasteiger partial charge in [0.15, 0.2) is 0 Å². The first kappa shape index (κ1) is 28.7. The summed E-state index contributed by atoms with van der Waals surface area (Å²) in [5.41, 5.74) is 4.58. The van der Waals surface area contributed by atoms with Crippen LogP contribution in [0.1, 0.15) is 58.8 Å². The third-order valence-corrected chi connectivity index (χ3v) is 7.46. The second kappa shape index (κ2) is 13.4. The van der Waals surface area contributed by atoms with E-state index in [0.717, 1.165) is 30.3 Å². The number of nitrogens with zero attached hydrogens (tertiary/aromatic N) is 1. The molecule has 4 nitrogen and oxygen atoms in total. The monoisotopic (exact) mass is 504 g/mol. The van der Waals surface area contributed by atoms with E-state index < -0.39 is 0 Å². The van der Waals surface area contributed by atoms with Gasteiger partial charge in [-0.1, -0.05) is 43.1 Å². The van der Waals surface area contributed by atoms with E-state index in [1.54, 1.807) is 40.3 Å². The van der Waals surface area contributed by atoms with Crippen molar-refractivity contribution < 1.29 is 47.0 Å². The third-order valence-electron chi connectivity index (χ3n) is 7.46. The first-order chi connectivity index (χ1) is 14.3. The Kier molecular flexibility index (Phi) is 12.5. The molecule has 0 aliphatic heterocycles. The van der Waals surface area contributed by atoms with Crippen LogP contribution in [0.25, 0.3) is 0 Å². The summed E-state index contributed by atoms with van der Waals surface area (Å²) in [5, 5.41) is 0. The molecular weight excluding hydrogens is 463 g/mol. The molecule has 3 rings (SSSR count). The van der Waals surface area contributed by atoms with Crippen molar-refractivity contribution in [2.45, 2.75) is 71.0 Å². The van der Waals surface area contributed by atoms with E-state index in [9.17, 15) is 4.79 Å². The molecule has 31 heavy (non-hydrogen) atoms. The molecule has 3 saturated carbocycles. The number of allylic oxidation sites excluding steroid dienone is 3. The van der Waals surface area contributed by atoms with Crippen LogP contribution < -0.4 is 0 Å². The maximum atomic E-state index is 9.31. The molecule has 0 saturated heterocycles. The van der Waals surface area contributed by atoms with E-state index in [0.29, 0.717) is 5.41 Å². The van der Waals surface area contributed by atoms with Gasteiger partial charge < -0.3 is 25.6 Å². The van der Waals surface area contributed by atoms with Crippen molar-refractivity contribution in [1.82, 2.24) is 4.90 Å². The van der Waals surface area contributed by atoms with Crippen molar-refractivity contribution in [1.29, 1.82) is 0 Å². The fourth-order valence-electron chi connectivity index (χ4n) is 5.68.